The van der Waals surface area contributed by atoms with Gasteiger partial charge in [0.25, 0.3) is 5.91 Å². The van der Waals surface area contributed by atoms with E-state index in [9.17, 15) is 18.8 Å². The number of benzene rings is 2. The monoisotopic (exact) mass is 414 g/mol. The molecule has 0 unspecified atom stereocenters. The fraction of sp³-hybridized carbons (Fsp3) is 0.227. The van der Waals surface area contributed by atoms with Crippen molar-refractivity contribution in [2.75, 3.05) is 13.7 Å². The van der Waals surface area contributed by atoms with E-state index in [1.54, 1.807) is 55.7 Å². The fourth-order valence-electron chi connectivity index (χ4n) is 2.36. The highest BCUT2D eigenvalue weighted by Crippen LogP contribution is 2.12. The van der Waals surface area contributed by atoms with Crippen LogP contribution in [-0.2, 0) is 25.7 Å². The van der Waals surface area contributed by atoms with E-state index in [-0.39, 0.29) is 6.54 Å². The minimum atomic E-state index is -0.947. The highest BCUT2D eigenvalue weighted by atomic mass is 19.1. The van der Waals surface area contributed by atoms with Gasteiger partial charge in [0, 0.05) is 18.2 Å². The van der Waals surface area contributed by atoms with Gasteiger partial charge in [-0.3, -0.25) is 9.59 Å². The third-order valence-corrected chi connectivity index (χ3v) is 4.03. The molecule has 0 aliphatic rings. The Hall–Kier alpha value is -3.68. The van der Waals surface area contributed by atoms with Gasteiger partial charge in [-0.2, -0.15) is 0 Å². The van der Waals surface area contributed by atoms with Gasteiger partial charge in [0.15, 0.2) is 6.61 Å². The van der Waals surface area contributed by atoms with Gasteiger partial charge in [0.2, 0.25) is 5.91 Å². The van der Waals surface area contributed by atoms with Gasteiger partial charge >= 0.3 is 5.97 Å². The van der Waals surface area contributed by atoms with Crippen molar-refractivity contribution in [1.82, 2.24) is 10.6 Å². The number of methoxy groups -OCH3 is 1. The average molecular weight is 414 g/mol. The van der Waals surface area contributed by atoms with Gasteiger partial charge in [0.05, 0.1) is 7.11 Å². The van der Waals surface area contributed by atoms with Crippen molar-refractivity contribution in [2.45, 2.75) is 19.5 Å². The molecule has 7 nitrogen and oxygen atoms in total. The molecule has 30 heavy (non-hydrogen) atoms. The molecule has 0 fully saturated rings. The first kappa shape index (κ1) is 22.6. The molecule has 158 valence electrons. The maximum atomic E-state index is 13.5. The van der Waals surface area contributed by atoms with E-state index in [2.05, 4.69) is 10.6 Å². The molecule has 2 amide bonds. The van der Waals surface area contributed by atoms with Gasteiger partial charge in [-0.05, 0) is 36.8 Å². The summed E-state index contributed by atoms with van der Waals surface area (Å²) in [5.41, 5.74) is 1.11. The third-order valence-electron chi connectivity index (χ3n) is 4.03. The lowest BCUT2D eigenvalue weighted by Crippen LogP contribution is -2.40. The number of carbonyl (C=O) groups excluding carboxylic acids is 3. The first-order valence-corrected chi connectivity index (χ1v) is 9.18. The largest absolute Gasteiger partial charge is 0.497 e. The van der Waals surface area contributed by atoms with Gasteiger partial charge in [0.1, 0.15) is 17.6 Å². The number of amides is 2. The summed E-state index contributed by atoms with van der Waals surface area (Å²) in [4.78, 5) is 35.6. The number of rotatable bonds is 9. The molecule has 0 saturated carbocycles. The topological polar surface area (TPSA) is 93.7 Å². The van der Waals surface area contributed by atoms with Crippen LogP contribution in [-0.4, -0.2) is 37.5 Å². The molecule has 0 spiro atoms. The van der Waals surface area contributed by atoms with Crippen LogP contribution in [0, 0.1) is 5.82 Å². The summed E-state index contributed by atoms with van der Waals surface area (Å²) in [6.45, 7) is 0.888. The first-order chi connectivity index (χ1) is 14.4. The molecule has 0 saturated heterocycles. The Kier molecular flexibility index (Phi) is 8.56. The lowest BCUT2D eigenvalue weighted by molar-refractivity contribution is -0.151. The Bertz CT molecular complexity index is 912. The average Bonchev–Trinajstić information content (AvgIpc) is 2.75. The summed E-state index contributed by atoms with van der Waals surface area (Å²) in [6, 6.07) is 12.2. The quantitative estimate of drug-likeness (QED) is 0.485. The summed E-state index contributed by atoms with van der Waals surface area (Å²) in [5.74, 6) is -1.56. The van der Waals surface area contributed by atoms with Crippen molar-refractivity contribution >= 4 is 23.9 Å². The third kappa shape index (κ3) is 7.38. The second-order valence-corrected chi connectivity index (χ2v) is 6.31. The summed E-state index contributed by atoms with van der Waals surface area (Å²) in [6.07, 6.45) is 2.87. The van der Waals surface area contributed by atoms with Crippen molar-refractivity contribution in [3.63, 3.8) is 0 Å². The molecule has 2 aromatic carbocycles. The van der Waals surface area contributed by atoms with Crippen LogP contribution in [0.25, 0.3) is 6.08 Å². The van der Waals surface area contributed by atoms with Crippen molar-refractivity contribution in [3.05, 3.63) is 71.6 Å². The standard InChI is InChI=1S/C22H23FN2O5/c1-15(25-20(26)12-9-16-7-10-18(29-2)11-8-16)22(28)30-14-21(27)24-13-17-5-3-4-6-19(17)23/h3-12,15H,13-14H2,1-2H3,(H,24,27)(H,25,26)/t15-/m0/s1. The van der Waals surface area contributed by atoms with E-state index < -0.39 is 36.2 Å². The van der Waals surface area contributed by atoms with Crippen molar-refractivity contribution in [1.29, 1.82) is 0 Å². The van der Waals surface area contributed by atoms with Crippen LogP contribution in [0.5, 0.6) is 5.75 Å². The predicted octanol–water partition coefficient (Wildman–Crippen LogP) is 2.21. The number of ether oxygens (including phenoxy) is 2. The number of esters is 1. The Balaban J connectivity index is 1.72. The van der Waals surface area contributed by atoms with Gasteiger partial charge < -0.3 is 20.1 Å². The van der Waals surface area contributed by atoms with Crippen LogP contribution < -0.4 is 15.4 Å². The molecular weight excluding hydrogens is 391 g/mol. The minimum Gasteiger partial charge on any atom is -0.497 e. The molecule has 2 N–H and O–H groups in total. The van der Waals surface area contributed by atoms with E-state index in [0.717, 1.165) is 5.56 Å². The molecule has 2 rings (SSSR count). The normalized spacial score (nSPS) is 11.6. The fourth-order valence-corrected chi connectivity index (χ4v) is 2.36. The number of hydrogen-bond donors (Lipinski definition) is 2. The molecule has 8 heteroatoms. The van der Waals surface area contributed by atoms with E-state index >= 15 is 0 Å². The first-order valence-electron chi connectivity index (χ1n) is 9.18. The minimum absolute atomic E-state index is 0.0223. The van der Waals surface area contributed by atoms with E-state index in [1.165, 1.54) is 19.1 Å². The van der Waals surface area contributed by atoms with Crippen LogP contribution in [0.1, 0.15) is 18.1 Å². The van der Waals surface area contributed by atoms with Crippen LogP contribution in [0.15, 0.2) is 54.6 Å². The Morgan fingerprint density at radius 3 is 2.47 bits per heavy atom. The number of carbonyl (C=O) groups is 3. The number of hydrogen-bond acceptors (Lipinski definition) is 5. The van der Waals surface area contributed by atoms with Crippen molar-refractivity contribution in [3.8, 4) is 5.75 Å². The van der Waals surface area contributed by atoms with Crippen molar-refractivity contribution in [2.24, 2.45) is 0 Å². The van der Waals surface area contributed by atoms with E-state index in [0.29, 0.717) is 11.3 Å². The number of halogens is 1. The summed E-state index contributed by atoms with van der Waals surface area (Å²) >= 11 is 0. The Labute approximate surface area is 173 Å². The summed E-state index contributed by atoms with van der Waals surface area (Å²) in [7, 11) is 1.56. The van der Waals surface area contributed by atoms with Crippen LogP contribution in [0.2, 0.25) is 0 Å². The zero-order valence-corrected chi connectivity index (χ0v) is 16.7. The molecular formula is C22H23FN2O5. The highest BCUT2D eigenvalue weighted by Gasteiger charge is 2.17. The maximum Gasteiger partial charge on any atom is 0.328 e. The second kappa shape index (κ2) is 11.4. The Morgan fingerprint density at radius 2 is 1.80 bits per heavy atom. The maximum absolute atomic E-state index is 13.5. The lowest BCUT2D eigenvalue weighted by atomic mass is 10.2. The van der Waals surface area contributed by atoms with Crippen molar-refractivity contribution < 1.29 is 28.2 Å². The van der Waals surface area contributed by atoms with Crippen LogP contribution in [0.3, 0.4) is 0 Å². The highest BCUT2D eigenvalue weighted by molar-refractivity contribution is 5.94. The smallest absolute Gasteiger partial charge is 0.328 e. The molecule has 1 atom stereocenters. The molecule has 0 aliphatic heterocycles. The van der Waals surface area contributed by atoms with Gasteiger partial charge in [-0.15, -0.1) is 0 Å². The molecule has 0 aliphatic carbocycles. The second-order valence-electron chi connectivity index (χ2n) is 6.31. The SMILES string of the molecule is COc1ccc(C=CC(=O)N[C@@H](C)C(=O)OCC(=O)NCc2ccccc2F)cc1. The van der Waals surface area contributed by atoms with Gasteiger partial charge in [-0.25, -0.2) is 9.18 Å². The summed E-state index contributed by atoms with van der Waals surface area (Å²) < 4.78 is 23.4. The summed E-state index contributed by atoms with van der Waals surface area (Å²) in [5, 5.41) is 4.91. The van der Waals surface area contributed by atoms with E-state index in [4.69, 9.17) is 9.47 Å². The molecule has 0 aromatic heterocycles. The molecule has 0 radical (unpaired) electrons. The molecule has 2 aromatic rings. The Morgan fingerprint density at radius 1 is 1.10 bits per heavy atom. The molecule has 0 heterocycles. The number of nitrogens with one attached hydrogen (secondary N) is 2. The zero-order chi connectivity index (χ0) is 21.9. The predicted molar refractivity (Wildman–Crippen MR) is 109 cm³/mol. The molecule has 0 bridgehead atoms. The van der Waals surface area contributed by atoms with Crippen LogP contribution >= 0.6 is 0 Å². The van der Waals surface area contributed by atoms with Crippen LogP contribution in [0.4, 0.5) is 4.39 Å². The zero-order valence-electron chi connectivity index (χ0n) is 16.7. The lowest BCUT2D eigenvalue weighted by Gasteiger charge is -2.12. The van der Waals surface area contributed by atoms with E-state index in [1.807, 2.05) is 0 Å². The van der Waals surface area contributed by atoms with Gasteiger partial charge in [-0.1, -0.05) is 30.3 Å².